The highest BCUT2D eigenvalue weighted by Crippen LogP contribution is 2.34. The number of nitrogens with two attached hydrogens (primary N) is 1. The van der Waals surface area contributed by atoms with Gasteiger partial charge in [0.1, 0.15) is 5.75 Å². The molecular formula is C15H13NO2S2. The number of carbonyl (C=O) groups is 1. The van der Waals surface area contributed by atoms with Crippen molar-refractivity contribution in [2.24, 2.45) is 5.73 Å². The van der Waals surface area contributed by atoms with E-state index in [1.165, 1.54) is 20.2 Å². The van der Waals surface area contributed by atoms with Gasteiger partial charge in [-0.15, -0.1) is 11.3 Å². The first kappa shape index (κ1) is 13.3. The van der Waals surface area contributed by atoms with E-state index in [9.17, 15) is 9.00 Å². The molecule has 0 aliphatic heterocycles. The first-order valence-corrected chi connectivity index (χ1v) is 8.47. The summed E-state index contributed by atoms with van der Waals surface area (Å²) in [4.78, 5) is 10.8. The summed E-state index contributed by atoms with van der Waals surface area (Å²) in [6, 6.07) is 14.3. The Morgan fingerprint density at radius 1 is 1.10 bits per heavy atom. The zero-order valence-electron chi connectivity index (χ0n) is 10.7. The van der Waals surface area contributed by atoms with Crippen molar-refractivity contribution in [3.63, 3.8) is 0 Å². The average Bonchev–Trinajstić information content (AvgIpc) is 2.76. The molecule has 102 valence electrons. The summed E-state index contributed by atoms with van der Waals surface area (Å²) in [6.07, 6.45) is 0. The van der Waals surface area contributed by atoms with Crippen molar-refractivity contribution in [3.05, 3.63) is 48.0 Å². The second-order valence-corrected chi connectivity index (χ2v) is 7.16. The maximum Gasteiger partial charge on any atom is 0.230 e. The summed E-state index contributed by atoms with van der Waals surface area (Å²) in [6.45, 7) is 0. The molecule has 3 aromatic rings. The van der Waals surface area contributed by atoms with E-state index < -0.39 is 16.7 Å². The van der Waals surface area contributed by atoms with Gasteiger partial charge in [0.25, 0.3) is 0 Å². The molecule has 1 heterocycles. The number of rotatable bonds is 4. The van der Waals surface area contributed by atoms with E-state index in [0.717, 1.165) is 5.56 Å². The largest absolute Gasteiger partial charge is 0.369 e. The molecule has 0 saturated heterocycles. The summed E-state index contributed by atoms with van der Waals surface area (Å²) in [5.74, 6) is -0.240. The van der Waals surface area contributed by atoms with Crippen molar-refractivity contribution in [2.45, 2.75) is 5.75 Å². The lowest BCUT2D eigenvalue weighted by Crippen LogP contribution is -2.20. The molecule has 0 aliphatic rings. The first-order chi connectivity index (χ1) is 9.63. The number of hydrogen-bond acceptors (Lipinski definition) is 3. The predicted molar refractivity (Wildman–Crippen MR) is 85.2 cm³/mol. The van der Waals surface area contributed by atoms with E-state index >= 15 is 0 Å². The van der Waals surface area contributed by atoms with Gasteiger partial charge in [0.15, 0.2) is 0 Å². The van der Waals surface area contributed by atoms with Crippen LogP contribution in [0.5, 0.6) is 0 Å². The maximum atomic E-state index is 11.8. The van der Waals surface area contributed by atoms with E-state index in [4.69, 9.17) is 5.73 Å². The minimum absolute atomic E-state index is 0.0809. The highest BCUT2D eigenvalue weighted by Gasteiger charge is 2.08. The zero-order valence-corrected chi connectivity index (χ0v) is 12.3. The van der Waals surface area contributed by atoms with Gasteiger partial charge in [0, 0.05) is 36.7 Å². The van der Waals surface area contributed by atoms with E-state index in [1.807, 2.05) is 18.2 Å². The normalized spacial score (nSPS) is 12.8. The lowest BCUT2D eigenvalue weighted by molar-refractivity contribution is -0.115. The number of carbonyl (C=O) groups excluding carboxylic acids is 1. The van der Waals surface area contributed by atoms with Gasteiger partial charge < -0.3 is 5.73 Å². The molecule has 0 radical (unpaired) electrons. The highest BCUT2D eigenvalue weighted by molar-refractivity contribution is 7.84. The minimum atomic E-state index is -1.24. The first-order valence-electron chi connectivity index (χ1n) is 6.17. The van der Waals surface area contributed by atoms with Crippen molar-refractivity contribution < 1.29 is 9.00 Å². The topological polar surface area (TPSA) is 60.2 Å². The van der Waals surface area contributed by atoms with Gasteiger partial charge in [-0.25, -0.2) is 0 Å². The SMILES string of the molecule is NC(=O)C[S@](=O)Cc1ccc2sc3ccccc3c2c1. The Morgan fingerprint density at radius 2 is 1.85 bits per heavy atom. The summed E-state index contributed by atoms with van der Waals surface area (Å²) >= 11 is 1.75. The summed E-state index contributed by atoms with van der Waals surface area (Å²) in [5.41, 5.74) is 6.04. The van der Waals surface area contributed by atoms with Gasteiger partial charge in [-0.1, -0.05) is 24.3 Å². The number of thiophene rings is 1. The molecular weight excluding hydrogens is 290 g/mol. The molecule has 0 unspecified atom stereocenters. The quantitative estimate of drug-likeness (QED) is 0.805. The number of amides is 1. The summed E-state index contributed by atoms with van der Waals surface area (Å²) in [5, 5.41) is 2.40. The standard InChI is InChI=1S/C15H13NO2S2/c16-15(17)9-20(18)8-10-5-6-14-12(7-10)11-3-1-2-4-13(11)19-14/h1-7H,8-9H2,(H2,16,17)/t20-/m1/s1. The van der Waals surface area contributed by atoms with Gasteiger partial charge >= 0.3 is 0 Å². The minimum Gasteiger partial charge on any atom is -0.369 e. The third-order valence-electron chi connectivity index (χ3n) is 3.07. The van der Waals surface area contributed by atoms with Crippen LogP contribution in [0.4, 0.5) is 0 Å². The van der Waals surface area contributed by atoms with Gasteiger partial charge in [0.2, 0.25) is 5.91 Å². The van der Waals surface area contributed by atoms with Crippen molar-refractivity contribution in [1.82, 2.24) is 0 Å². The van der Waals surface area contributed by atoms with Crippen molar-refractivity contribution in [3.8, 4) is 0 Å². The van der Waals surface area contributed by atoms with Gasteiger partial charge in [0.05, 0.1) is 0 Å². The summed E-state index contributed by atoms with van der Waals surface area (Å²) in [7, 11) is -1.24. The third-order valence-corrected chi connectivity index (χ3v) is 5.49. The molecule has 3 nitrogen and oxygen atoms in total. The fraction of sp³-hybridized carbons (Fsp3) is 0.133. The molecule has 3 rings (SSSR count). The molecule has 1 aromatic heterocycles. The smallest absolute Gasteiger partial charge is 0.230 e. The van der Waals surface area contributed by atoms with E-state index in [-0.39, 0.29) is 5.75 Å². The van der Waals surface area contributed by atoms with Crippen molar-refractivity contribution in [1.29, 1.82) is 0 Å². The van der Waals surface area contributed by atoms with Crippen molar-refractivity contribution >= 4 is 48.2 Å². The fourth-order valence-electron chi connectivity index (χ4n) is 2.26. The monoisotopic (exact) mass is 303 g/mol. The second-order valence-electron chi connectivity index (χ2n) is 4.62. The number of fused-ring (bicyclic) bond motifs is 3. The molecule has 20 heavy (non-hydrogen) atoms. The van der Waals surface area contributed by atoms with Crippen molar-refractivity contribution in [2.75, 3.05) is 5.75 Å². The Morgan fingerprint density at radius 3 is 2.65 bits per heavy atom. The lowest BCUT2D eigenvalue weighted by Gasteiger charge is -2.01. The molecule has 5 heteroatoms. The molecule has 0 saturated carbocycles. The Kier molecular flexibility index (Phi) is 3.54. The van der Waals surface area contributed by atoms with Gasteiger partial charge in [-0.05, 0) is 23.8 Å². The lowest BCUT2D eigenvalue weighted by atomic mass is 10.1. The predicted octanol–water partition coefficient (Wildman–Crippen LogP) is 2.79. The van der Waals surface area contributed by atoms with E-state index in [2.05, 4.69) is 24.3 Å². The Balaban J connectivity index is 1.99. The molecule has 0 aliphatic carbocycles. The fourth-order valence-corrected chi connectivity index (χ4v) is 4.32. The van der Waals surface area contributed by atoms with E-state index in [1.54, 1.807) is 11.3 Å². The van der Waals surface area contributed by atoms with Crippen LogP contribution in [0.25, 0.3) is 20.2 Å². The molecule has 1 atom stereocenters. The van der Waals surface area contributed by atoms with Crippen LogP contribution in [0.15, 0.2) is 42.5 Å². The average molecular weight is 303 g/mol. The molecule has 0 spiro atoms. The molecule has 0 fully saturated rings. The van der Waals surface area contributed by atoms with E-state index in [0.29, 0.717) is 5.75 Å². The highest BCUT2D eigenvalue weighted by atomic mass is 32.2. The van der Waals surface area contributed by atoms with Gasteiger partial charge in [-0.2, -0.15) is 0 Å². The Labute approximate surface area is 122 Å². The van der Waals surface area contributed by atoms with Crippen LogP contribution in [0.3, 0.4) is 0 Å². The second kappa shape index (κ2) is 5.34. The molecule has 0 bridgehead atoms. The van der Waals surface area contributed by atoms with Crippen LogP contribution in [0.1, 0.15) is 5.56 Å². The number of primary amides is 1. The molecule has 2 aromatic carbocycles. The van der Waals surface area contributed by atoms with Crippen LogP contribution in [-0.2, 0) is 21.3 Å². The van der Waals surface area contributed by atoms with Crippen LogP contribution in [0.2, 0.25) is 0 Å². The molecule has 2 N–H and O–H groups in total. The molecule has 1 amide bonds. The van der Waals surface area contributed by atoms with Crippen LogP contribution in [-0.4, -0.2) is 15.9 Å². The maximum absolute atomic E-state index is 11.8. The third kappa shape index (κ3) is 2.59. The Bertz CT molecular complexity index is 823. The van der Waals surface area contributed by atoms with Crippen LogP contribution < -0.4 is 5.73 Å². The summed E-state index contributed by atoms with van der Waals surface area (Å²) < 4.78 is 14.2. The zero-order chi connectivity index (χ0) is 14.1. The van der Waals surface area contributed by atoms with Crippen LogP contribution in [0, 0.1) is 0 Å². The number of hydrogen-bond donors (Lipinski definition) is 1. The number of benzene rings is 2. The van der Waals surface area contributed by atoms with Gasteiger partial charge in [-0.3, -0.25) is 9.00 Å². The Hall–Kier alpha value is -1.72. The van der Waals surface area contributed by atoms with Crippen LogP contribution >= 0.6 is 11.3 Å².